The molecule has 15 heteroatoms. The Morgan fingerprint density at radius 1 is 0.738 bits per heavy atom. The third kappa shape index (κ3) is 9.49. The summed E-state index contributed by atoms with van der Waals surface area (Å²) in [4.78, 5) is 38.5. The van der Waals surface area contributed by atoms with Gasteiger partial charge in [0.1, 0.15) is 17.1 Å². The molecule has 310 valence electrons. The number of aliphatic hydroxyl groups is 1. The highest BCUT2D eigenvalue weighted by molar-refractivity contribution is 6.74. The Labute approximate surface area is 355 Å². The summed E-state index contributed by atoms with van der Waals surface area (Å²) < 4.78 is 15.4. The largest absolute Gasteiger partial charge is 0.492 e. The van der Waals surface area contributed by atoms with E-state index in [1.165, 1.54) is 6.92 Å². The lowest BCUT2D eigenvalue weighted by molar-refractivity contribution is 0.101. The number of aliphatic hydroxyl groups excluding tert-OH is 1. The van der Waals surface area contributed by atoms with Crippen LogP contribution in [-0.4, -0.2) is 75.3 Å². The zero-order valence-electron chi connectivity index (χ0n) is 35.4. The summed E-state index contributed by atoms with van der Waals surface area (Å²) in [6, 6.07) is 26.5. The van der Waals surface area contributed by atoms with E-state index < -0.39 is 8.32 Å². The van der Waals surface area contributed by atoms with Crippen LogP contribution in [0.1, 0.15) is 62.2 Å². The summed E-state index contributed by atoms with van der Waals surface area (Å²) in [5, 5.41) is 20.4. The highest BCUT2D eigenvalue weighted by Gasteiger charge is 2.37. The van der Waals surface area contributed by atoms with Gasteiger partial charge in [0.25, 0.3) is 0 Å². The number of Topliss-reactive ketones (excluding diaryl/α,β-unsaturated/α-hetero) is 1. The fourth-order valence-corrected chi connectivity index (χ4v) is 7.03. The molecule has 8 rings (SSSR count). The van der Waals surface area contributed by atoms with Crippen molar-refractivity contribution in [3.63, 3.8) is 0 Å². The van der Waals surface area contributed by atoms with Gasteiger partial charge in [0, 0.05) is 41.2 Å². The molecule has 8 aromatic rings. The van der Waals surface area contributed by atoms with Crippen LogP contribution in [0.4, 0.5) is 0 Å². The van der Waals surface area contributed by atoms with E-state index in [0.29, 0.717) is 53.5 Å². The molecule has 61 heavy (non-hydrogen) atoms. The molecule has 2 aromatic carbocycles. The summed E-state index contributed by atoms with van der Waals surface area (Å²) in [6.07, 6.45) is 6.89. The fourth-order valence-electron chi connectivity index (χ4n) is 6.08. The third-order valence-corrected chi connectivity index (χ3v) is 15.0. The molecule has 6 aromatic heterocycles. The molecule has 14 nitrogen and oxygen atoms in total. The number of aromatic nitrogens is 10. The SMILES string of the molecule is C=C(OCC)c1ccnc(-c2ccc3cnn(-c4cccc(CO[Si](C)(C)C(C)(C)C)n4)c3c2)n1.CC(=O)c1ccnc(-c2ccc3cnn(-c4cccc(CO)n4)c3c2)n1. The van der Waals surface area contributed by atoms with Crippen LogP contribution in [0.15, 0.2) is 116 Å². The first-order valence-electron chi connectivity index (χ1n) is 19.9. The Morgan fingerprint density at radius 3 is 1.79 bits per heavy atom. The predicted molar refractivity (Wildman–Crippen MR) is 238 cm³/mol. The summed E-state index contributed by atoms with van der Waals surface area (Å²) in [5.41, 5.74) is 5.92. The minimum Gasteiger partial charge on any atom is -0.492 e. The molecule has 0 unspecified atom stereocenters. The van der Waals surface area contributed by atoms with Crippen molar-refractivity contribution in [1.82, 2.24) is 49.5 Å². The van der Waals surface area contributed by atoms with Gasteiger partial charge in [-0.1, -0.05) is 63.7 Å². The van der Waals surface area contributed by atoms with Gasteiger partial charge < -0.3 is 14.3 Å². The minimum absolute atomic E-state index is 0.107. The van der Waals surface area contributed by atoms with Crippen molar-refractivity contribution in [3.8, 4) is 34.4 Å². The van der Waals surface area contributed by atoms with E-state index in [1.54, 1.807) is 41.5 Å². The summed E-state index contributed by atoms with van der Waals surface area (Å²) in [6.45, 7) is 19.5. The second kappa shape index (κ2) is 17.8. The second-order valence-corrected chi connectivity index (χ2v) is 20.6. The normalized spacial score (nSPS) is 11.7. The van der Waals surface area contributed by atoms with Crippen molar-refractivity contribution in [2.75, 3.05) is 6.61 Å². The number of fused-ring (bicyclic) bond motifs is 2. The number of hydrogen-bond donors (Lipinski definition) is 1. The maximum absolute atomic E-state index is 11.6. The molecule has 0 fully saturated rings. The van der Waals surface area contributed by atoms with Gasteiger partial charge in [0.15, 0.2) is 37.4 Å². The van der Waals surface area contributed by atoms with E-state index in [4.69, 9.17) is 14.1 Å². The molecule has 0 radical (unpaired) electrons. The molecule has 0 saturated heterocycles. The Bertz CT molecular complexity index is 2860. The van der Waals surface area contributed by atoms with E-state index in [1.807, 2.05) is 84.5 Å². The third-order valence-electron chi connectivity index (χ3n) is 10.5. The summed E-state index contributed by atoms with van der Waals surface area (Å²) in [5.74, 6) is 2.86. The highest BCUT2D eigenvalue weighted by atomic mass is 28.4. The van der Waals surface area contributed by atoms with E-state index in [0.717, 1.165) is 44.4 Å². The Hall–Kier alpha value is -6.81. The number of rotatable bonds is 12. The number of pyridine rings is 2. The van der Waals surface area contributed by atoms with Crippen LogP contribution < -0.4 is 0 Å². The van der Waals surface area contributed by atoms with E-state index in [-0.39, 0.29) is 17.4 Å². The summed E-state index contributed by atoms with van der Waals surface area (Å²) in [7, 11) is -1.87. The van der Waals surface area contributed by atoms with Gasteiger partial charge in [-0.15, -0.1) is 0 Å². The van der Waals surface area contributed by atoms with Crippen LogP contribution in [0.5, 0.6) is 0 Å². The number of nitrogens with zero attached hydrogens (tertiary/aromatic N) is 10. The van der Waals surface area contributed by atoms with Crippen LogP contribution >= 0.6 is 0 Å². The molecule has 0 aliphatic rings. The topological polar surface area (TPSA) is 169 Å². The average Bonchev–Trinajstić information content (AvgIpc) is 3.90. The Kier molecular flexibility index (Phi) is 12.4. The molecule has 0 amide bonds. The lowest BCUT2D eigenvalue weighted by atomic mass is 10.1. The van der Waals surface area contributed by atoms with Crippen LogP contribution in [0.25, 0.3) is 62.0 Å². The maximum Gasteiger partial charge on any atom is 0.192 e. The van der Waals surface area contributed by atoms with E-state index >= 15 is 0 Å². The van der Waals surface area contributed by atoms with Crippen molar-refractivity contribution in [1.29, 1.82) is 0 Å². The first-order valence-corrected chi connectivity index (χ1v) is 22.8. The number of ketones is 1. The van der Waals surface area contributed by atoms with Gasteiger partial charge in [-0.05, 0) is 73.6 Å². The van der Waals surface area contributed by atoms with Crippen molar-refractivity contribution in [3.05, 3.63) is 139 Å². The maximum atomic E-state index is 11.6. The van der Waals surface area contributed by atoms with Crippen LogP contribution in [0.3, 0.4) is 0 Å². The Balaban J connectivity index is 0.000000192. The average molecular weight is 833 g/mol. The standard InChI is InChI=1S/C27H33N5O2Si.C19H15N5O2/c1-8-33-19(2)23-14-15-28-26(31-23)20-12-13-21-17-29-32(24(21)16-20)25-11-9-10-22(30-25)18-34-35(6,7)27(3,4)5;1-12(26)16-7-8-20-19(23-16)13-5-6-14-10-21-24(17(14)9-13)18-4-2-3-15(11-25)22-18/h9-17H,2,8,18H2,1,3-7H3;2-10,25H,11H2,1H3. The molecule has 0 aliphatic heterocycles. The van der Waals surface area contributed by atoms with Gasteiger partial charge in [-0.25, -0.2) is 39.3 Å². The zero-order valence-corrected chi connectivity index (χ0v) is 36.4. The van der Waals surface area contributed by atoms with Crippen LogP contribution in [0, 0.1) is 0 Å². The van der Waals surface area contributed by atoms with Gasteiger partial charge >= 0.3 is 0 Å². The van der Waals surface area contributed by atoms with E-state index in [2.05, 4.69) is 75.6 Å². The molecular weight excluding hydrogens is 785 g/mol. The van der Waals surface area contributed by atoms with Crippen molar-refractivity contribution < 1.29 is 19.1 Å². The van der Waals surface area contributed by atoms with Crippen molar-refractivity contribution in [2.24, 2.45) is 0 Å². The number of benzene rings is 2. The van der Waals surface area contributed by atoms with Gasteiger partial charge in [0.05, 0.1) is 54.6 Å². The monoisotopic (exact) mass is 832 g/mol. The van der Waals surface area contributed by atoms with E-state index in [9.17, 15) is 9.90 Å². The van der Waals surface area contributed by atoms with Crippen LogP contribution in [-0.2, 0) is 22.4 Å². The fraction of sp³-hybridized carbons (Fsp3) is 0.239. The predicted octanol–water partition coefficient (Wildman–Crippen LogP) is 8.98. The first kappa shape index (κ1) is 42.3. The lowest BCUT2D eigenvalue weighted by Crippen LogP contribution is -2.40. The van der Waals surface area contributed by atoms with Crippen LogP contribution in [0.2, 0.25) is 18.1 Å². The molecule has 0 aliphatic carbocycles. The molecule has 0 spiro atoms. The highest BCUT2D eigenvalue weighted by Crippen LogP contribution is 2.37. The van der Waals surface area contributed by atoms with Gasteiger partial charge in [-0.3, -0.25) is 4.79 Å². The second-order valence-electron chi connectivity index (χ2n) is 15.8. The number of carbonyl (C=O) groups excluding carboxylic acids is 1. The molecule has 1 N–H and O–H groups in total. The molecule has 0 saturated carbocycles. The Morgan fingerprint density at radius 2 is 1.26 bits per heavy atom. The van der Waals surface area contributed by atoms with Gasteiger partial charge in [-0.2, -0.15) is 10.2 Å². The van der Waals surface area contributed by atoms with Crippen molar-refractivity contribution in [2.45, 2.75) is 66.0 Å². The zero-order chi connectivity index (χ0) is 43.3. The quantitative estimate of drug-likeness (QED) is 0.0706. The molecule has 0 atom stereocenters. The number of ether oxygens (including phenoxy) is 1. The summed E-state index contributed by atoms with van der Waals surface area (Å²) >= 11 is 0. The molecule has 0 bridgehead atoms. The number of carbonyl (C=O) groups is 1. The lowest BCUT2D eigenvalue weighted by Gasteiger charge is -2.36. The molecular formula is C46H48N10O4Si. The first-order chi connectivity index (χ1) is 29.2. The molecule has 6 heterocycles. The number of hydrogen-bond acceptors (Lipinski definition) is 12. The van der Waals surface area contributed by atoms with Gasteiger partial charge in [0.2, 0.25) is 0 Å². The minimum atomic E-state index is -1.87. The van der Waals surface area contributed by atoms with Crippen molar-refractivity contribution >= 4 is 41.7 Å². The smallest absolute Gasteiger partial charge is 0.192 e.